The maximum Gasteiger partial charge on any atom is 0.135 e. The Morgan fingerprint density at radius 1 is 0.471 bits per heavy atom. The van der Waals surface area contributed by atoms with Crippen LogP contribution in [0, 0.1) is 18.8 Å². The standard InChI is InChI=1S/C62H67N4O.Pt/c1-58(2,3)42-23-26-53-52(35-42)51-25-24-50(38-56(51)66(53)57-36-43(27-28-63-57)59(4,5)6)67-49-20-18-19-47(37-49)64-39-65(55-22-17-16-21-54(55)64)48-32-41(31-46(34-48)62(13,14)15)40-29-44(60(7,8)9)33-45(30-40)61(10,11)12;/h16-36,39H,1-15H3;/q-3;. The molecule has 3 heterocycles. The van der Waals surface area contributed by atoms with Crippen molar-refractivity contribution in [2.75, 3.05) is 9.80 Å². The van der Waals surface area contributed by atoms with Gasteiger partial charge in [-0.25, -0.2) is 4.98 Å². The summed E-state index contributed by atoms with van der Waals surface area (Å²) < 4.78 is 8.95. The van der Waals surface area contributed by atoms with Gasteiger partial charge in [-0.2, -0.15) is 12.1 Å². The molecule has 0 unspecified atom stereocenters. The molecular formula is C62H67N4OPt-3. The predicted molar refractivity (Wildman–Crippen MR) is 283 cm³/mol. The molecule has 0 saturated carbocycles. The van der Waals surface area contributed by atoms with Crippen LogP contribution in [0.4, 0.5) is 22.7 Å². The van der Waals surface area contributed by atoms with Crippen LogP contribution in [-0.2, 0) is 48.1 Å². The molecule has 8 aromatic rings. The molecule has 0 atom stereocenters. The summed E-state index contributed by atoms with van der Waals surface area (Å²) >= 11 is 0. The molecule has 5 nitrogen and oxygen atoms in total. The first-order chi connectivity index (χ1) is 31.3. The first-order valence-corrected chi connectivity index (χ1v) is 23.9. The molecule has 0 N–H and O–H groups in total. The van der Waals surface area contributed by atoms with Gasteiger partial charge in [-0.1, -0.05) is 158 Å². The summed E-state index contributed by atoms with van der Waals surface area (Å²) in [6.45, 7) is 36.4. The number of aromatic nitrogens is 2. The van der Waals surface area contributed by atoms with Crippen LogP contribution in [0.3, 0.4) is 0 Å². The van der Waals surface area contributed by atoms with E-state index in [4.69, 9.17) is 9.72 Å². The number of hydrogen-bond donors (Lipinski definition) is 0. The zero-order valence-corrected chi connectivity index (χ0v) is 45.0. The van der Waals surface area contributed by atoms with E-state index in [1.54, 1.807) is 0 Å². The molecule has 6 aromatic carbocycles. The van der Waals surface area contributed by atoms with E-state index in [2.05, 4.69) is 240 Å². The van der Waals surface area contributed by atoms with Crippen molar-refractivity contribution in [1.82, 2.24) is 9.55 Å². The van der Waals surface area contributed by atoms with Gasteiger partial charge in [0.2, 0.25) is 0 Å². The molecular weight excluding hydrogens is 1010 g/mol. The van der Waals surface area contributed by atoms with Crippen molar-refractivity contribution in [3.63, 3.8) is 0 Å². The molecule has 0 amide bonds. The summed E-state index contributed by atoms with van der Waals surface area (Å²) in [7, 11) is 0. The van der Waals surface area contributed by atoms with E-state index in [0.29, 0.717) is 11.5 Å². The topological polar surface area (TPSA) is 33.5 Å². The van der Waals surface area contributed by atoms with Gasteiger partial charge in [-0.05, 0) is 114 Å². The first-order valence-electron chi connectivity index (χ1n) is 23.9. The summed E-state index contributed by atoms with van der Waals surface area (Å²) in [5.41, 5.74) is 15.0. The van der Waals surface area contributed by atoms with Crippen LogP contribution in [0.2, 0.25) is 0 Å². The van der Waals surface area contributed by atoms with Gasteiger partial charge in [0.15, 0.2) is 0 Å². The maximum absolute atomic E-state index is 6.71. The third kappa shape index (κ3) is 9.53. The number of rotatable bonds is 6. The molecule has 6 heteroatoms. The quantitative estimate of drug-likeness (QED) is 0.155. The Hall–Kier alpha value is -5.64. The predicted octanol–water partition coefficient (Wildman–Crippen LogP) is 17.1. The van der Waals surface area contributed by atoms with E-state index in [-0.39, 0.29) is 48.1 Å². The van der Waals surface area contributed by atoms with Gasteiger partial charge < -0.3 is 19.1 Å². The molecule has 1 aliphatic heterocycles. The molecule has 1 aliphatic rings. The SMILES string of the molecule is CC(C)(C)c1cc(-c2cc(C(C)(C)C)cc(C(C)(C)C)c2)cc(N2[CH-]N(c3[c-]c(Oc4[c-]c5c(cc4)c4cc(C(C)(C)C)ccc4n5-c4cc(C(C)(C)C)ccn4)ccc3)c3ccccc32)c1.[Pt]. The molecule has 2 aromatic heterocycles. The van der Waals surface area contributed by atoms with Crippen molar-refractivity contribution >= 4 is 44.6 Å². The minimum Gasteiger partial charge on any atom is -0.509 e. The van der Waals surface area contributed by atoms with Crippen LogP contribution in [0.1, 0.15) is 132 Å². The Morgan fingerprint density at radius 3 is 1.65 bits per heavy atom. The fourth-order valence-corrected chi connectivity index (χ4v) is 8.97. The molecule has 9 rings (SSSR count). The van der Waals surface area contributed by atoms with Crippen molar-refractivity contribution in [2.24, 2.45) is 0 Å². The van der Waals surface area contributed by atoms with E-state index >= 15 is 0 Å². The van der Waals surface area contributed by atoms with E-state index in [0.717, 1.165) is 45.0 Å². The fourth-order valence-electron chi connectivity index (χ4n) is 8.97. The molecule has 0 bridgehead atoms. The van der Waals surface area contributed by atoms with Gasteiger partial charge in [0.25, 0.3) is 0 Å². The van der Waals surface area contributed by atoms with E-state index < -0.39 is 0 Å². The summed E-state index contributed by atoms with van der Waals surface area (Å²) in [6.07, 6.45) is 1.92. The normalized spacial score (nSPS) is 13.6. The fraction of sp³-hybridized carbons (Fsp3) is 0.323. The van der Waals surface area contributed by atoms with Gasteiger partial charge >= 0.3 is 0 Å². The van der Waals surface area contributed by atoms with Crippen LogP contribution in [0.5, 0.6) is 11.5 Å². The van der Waals surface area contributed by atoms with Gasteiger partial charge in [-0.15, -0.1) is 48.1 Å². The summed E-state index contributed by atoms with van der Waals surface area (Å²) in [5, 5.41) is 2.27. The van der Waals surface area contributed by atoms with Gasteiger partial charge in [0.05, 0.1) is 0 Å². The molecule has 0 spiro atoms. The molecule has 354 valence electrons. The molecule has 0 saturated heterocycles. The van der Waals surface area contributed by atoms with Gasteiger partial charge in [-0.3, -0.25) is 0 Å². The third-order valence-corrected chi connectivity index (χ3v) is 13.3. The number of ether oxygens (including phenoxy) is 1. The minimum atomic E-state index is -0.0750. The number of para-hydroxylation sites is 2. The Labute approximate surface area is 420 Å². The van der Waals surface area contributed by atoms with Crippen molar-refractivity contribution < 1.29 is 25.8 Å². The zero-order chi connectivity index (χ0) is 48.0. The number of hydrogen-bond acceptors (Lipinski definition) is 4. The number of fused-ring (bicyclic) bond motifs is 4. The Bertz CT molecular complexity index is 3150. The largest absolute Gasteiger partial charge is 0.509 e. The second-order valence-electron chi connectivity index (χ2n) is 23.7. The van der Waals surface area contributed by atoms with Crippen LogP contribution in [0.15, 0.2) is 128 Å². The average molecular weight is 1080 g/mol. The maximum atomic E-state index is 6.71. The summed E-state index contributed by atoms with van der Waals surface area (Å²) in [5.74, 6) is 2.07. The average Bonchev–Trinajstić information content (AvgIpc) is 3.80. The van der Waals surface area contributed by atoms with Crippen LogP contribution in [-0.4, -0.2) is 9.55 Å². The number of pyridine rings is 1. The van der Waals surface area contributed by atoms with Crippen LogP contribution >= 0.6 is 0 Å². The third-order valence-electron chi connectivity index (χ3n) is 13.3. The molecule has 0 fully saturated rings. The van der Waals surface area contributed by atoms with Crippen molar-refractivity contribution in [1.29, 1.82) is 0 Å². The molecule has 0 aliphatic carbocycles. The summed E-state index contributed by atoms with van der Waals surface area (Å²) in [4.78, 5) is 9.47. The van der Waals surface area contributed by atoms with Crippen LogP contribution in [0.25, 0.3) is 38.8 Å². The molecule has 0 radical (unpaired) electrons. The van der Waals surface area contributed by atoms with Crippen molar-refractivity contribution in [3.05, 3.63) is 174 Å². The van der Waals surface area contributed by atoms with Gasteiger partial charge in [0, 0.05) is 61.3 Å². The minimum absolute atomic E-state index is 0. The monoisotopic (exact) mass is 1080 g/mol. The second kappa shape index (κ2) is 17.4. The van der Waals surface area contributed by atoms with E-state index in [1.165, 1.54) is 44.3 Å². The first kappa shape index (κ1) is 48.8. The van der Waals surface area contributed by atoms with E-state index in [1.807, 2.05) is 24.4 Å². The van der Waals surface area contributed by atoms with Crippen LogP contribution < -0.4 is 14.5 Å². The molecule has 68 heavy (non-hydrogen) atoms. The Balaban J connectivity index is 0.00000625. The Morgan fingerprint density at radius 2 is 1.03 bits per heavy atom. The van der Waals surface area contributed by atoms with E-state index in [9.17, 15) is 0 Å². The summed E-state index contributed by atoms with van der Waals surface area (Å²) in [6, 6.07) is 51.6. The van der Waals surface area contributed by atoms with Crippen molar-refractivity contribution in [2.45, 2.75) is 131 Å². The Kier molecular flexibility index (Phi) is 12.5. The zero-order valence-electron chi connectivity index (χ0n) is 42.7. The number of nitrogens with zero attached hydrogens (tertiary/aromatic N) is 4. The van der Waals surface area contributed by atoms with Crippen molar-refractivity contribution in [3.8, 4) is 28.4 Å². The number of benzene rings is 6. The van der Waals surface area contributed by atoms with Gasteiger partial charge in [0.1, 0.15) is 5.82 Å². The second-order valence-corrected chi connectivity index (χ2v) is 23.7. The smallest absolute Gasteiger partial charge is 0.135 e. The number of anilines is 4.